The predicted octanol–water partition coefficient (Wildman–Crippen LogP) is -1.51. The van der Waals surface area contributed by atoms with Crippen LogP contribution in [0.25, 0.3) is 0 Å². The van der Waals surface area contributed by atoms with Crippen LogP contribution in [0.15, 0.2) is 0 Å². The first kappa shape index (κ1) is 12.9. The Balaban J connectivity index is 0. The number of hydrogen-bond acceptors (Lipinski definition) is 5. The van der Waals surface area contributed by atoms with Gasteiger partial charge in [0.2, 0.25) is 0 Å². The Bertz CT molecular complexity index is 135. The third-order valence-corrected chi connectivity index (χ3v) is 0.499. The second-order valence-electron chi connectivity index (χ2n) is 1.16. The number of aliphatic hydroxyl groups is 1. The first-order valence-electron chi connectivity index (χ1n) is 2.37. The molecule has 11 heavy (non-hydrogen) atoms. The van der Waals surface area contributed by atoms with Crippen LogP contribution in [-0.4, -0.2) is 35.4 Å². The van der Waals surface area contributed by atoms with Crippen molar-refractivity contribution in [2.75, 3.05) is 13.2 Å². The number of esters is 1. The van der Waals surface area contributed by atoms with E-state index in [1.54, 1.807) is 0 Å². The van der Waals surface area contributed by atoms with Gasteiger partial charge < -0.3 is 14.9 Å². The molecule has 0 atom stereocenters. The summed E-state index contributed by atoms with van der Waals surface area (Å²) in [5, 5.41) is 15.9. The number of carboxylic acid groups (broad SMARTS) is 1. The van der Waals surface area contributed by atoms with Crippen LogP contribution in [0.3, 0.4) is 0 Å². The van der Waals surface area contributed by atoms with E-state index in [1.165, 1.54) is 0 Å². The van der Waals surface area contributed by atoms with Crippen LogP contribution in [0.2, 0.25) is 0 Å². The van der Waals surface area contributed by atoms with Gasteiger partial charge in [-0.2, -0.15) is 0 Å². The van der Waals surface area contributed by atoms with Crippen LogP contribution in [0.4, 0.5) is 0 Å². The fraction of sp³-hybridized carbons (Fsp3) is 0.500. The van der Waals surface area contributed by atoms with E-state index < -0.39 is 11.9 Å². The van der Waals surface area contributed by atoms with Gasteiger partial charge in [0.25, 0.3) is 0 Å². The van der Waals surface area contributed by atoms with Crippen molar-refractivity contribution in [1.82, 2.24) is 0 Å². The average molecular weight is 201 g/mol. The van der Waals surface area contributed by atoms with Gasteiger partial charge in [0, 0.05) is 0 Å². The van der Waals surface area contributed by atoms with Crippen molar-refractivity contribution >= 4 is 11.9 Å². The summed E-state index contributed by atoms with van der Waals surface area (Å²) >= 11 is 1.06. The van der Waals surface area contributed by atoms with E-state index in [4.69, 9.17) is 13.9 Å². The Kier molecular flexibility index (Phi) is 10.9. The predicted molar refractivity (Wildman–Crippen MR) is 26.4 cm³/mol. The molecule has 0 rings (SSSR count). The molecule has 0 aromatic heterocycles. The van der Waals surface area contributed by atoms with Crippen molar-refractivity contribution in [3.8, 4) is 0 Å². The van der Waals surface area contributed by atoms with Gasteiger partial charge >= 0.3 is 33.0 Å². The van der Waals surface area contributed by atoms with Crippen molar-refractivity contribution in [2.24, 2.45) is 0 Å². The summed E-state index contributed by atoms with van der Waals surface area (Å²) in [6.07, 6.45) is 0. The molecule has 0 aromatic rings. The molecule has 7 heteroatoms. The molecule has 0 bridgehead atoms. The van der Waals surface area contributed by atoms with Crippen molar-refractivity contribution in [3.05, 3.63) is 0 Å². The van der Waals surface area contributed by atoms with Crippen molar-refractivity contribution in [3.63, 3.8) is 0 Å². The van der Waals surface area contributed by atoms with Gasteiger partial charge in [-0.3, -0.25) is 0 Å². The second-order valence-corrected chi connectivity index (χ2v) is 1.16. The Morgan fingerprint density at radius 3 is 2.09 bits per heavy atom. The zero-order valence-corrected chi connectivity index (χ0v) is 6.79. The molecule has 0 saturated heterocycles. The molecule has 2 N–H and O–H groups in total. The number of aliphatic hydroxyl groups excluding tert-OH is 1. The fourth-order valence-corrected chi connectivity index (χ4v) is 0.200. The number of rotatable bonds is 2. The average Bonchev–Trinajstić information content (AvgIpc) is 2.03. The monoisotopic (exact) mass is 201 g/mol. The van der Waals surface area contributed by atoms with Gasteiger partial charge in [0.05, 0.1) is 6.61 Å². The fourth-order valence-electron chi connectivity index (χ4n) is 0.200. The van der Waals surface area contributed by atoms with E-state index in [-0.39, 0.29) is 13.2 Å². The molecule has 63 valence electrons. The Morgan fingerprint density at radius 1 is 1.36 bits per heavy atom. The minimum absolute atomic E-state index is 0.273. The summed E-state index contributed by atoms with van der Waals surface area (Å²) < 4.78 is 12.2. The standard InChI is InChI=1S/C4H6O5.O.V/c5-1-2-9-4(8)3(6)7;;/h5H,1-2H2,(H,6,7);;. The summed E-state index contributed by atoms with van der Waals surface area (Å²) in [6, 6.07) is 0. The molecular formula is C4H6O6V. The number of ether oxygens (including phenoxy) is 1. The van der Waals surface area contributed by atoms with E-state index in [2.05, 4.69) is 4.74 Å². The van der Waals surface area contributed by atoms with Crippen LogP contribution in [0.1, 0.15) is 0 Å². The maximum atomic E-state index is 9.97. The molecule has 0 aliphatic heterocycles. The molecule has 0 heterocycles. The molecule has 0 saturated carbocycles. The van der Waals surface area contributed by atoms with Crippen LogP contribution in [0, 0.1) is 0 Å². The van der Waals surface area contributed by atoms with Crippen molar-refractivity contribution in [2.45, 2.75) is 0 Å². The molecule has 0 radical (unpaired) electrons. The molecule has 0 aromatic carbocycles. The van der Waals surface area contributed by atoms with E-state index in [1.807, 2.05) is 0 Å². The molecule has 0 spiro atoms. The third-order valence-electron chi connectivity index (χ3n) is 0.499. The zero-order valence-electron chi connectivity index (χ0n) is 5.39. The summed E-state index contributed by atoms with van der Waals surface area (Å²) in [7, 11) is 0. The van der Waals surface area contributed by atoms with Gasteiger partial charge in [-0.15, -0.1) is 0 Å². The number of carbonyl (C=O) groups excluding carboxylic acids is 1. The molecule has 0 aliphatic carbocycles. The van der Waals surface area contributed by atoms with Crippen molar-refractivity contribution in [1.29, 1.82) is 0 Å². The van der Waals surface area contributed by atoms with Crippen LogP contribution in [-0.2, 0) is 35.4 Å². The summed E-state index contributed by atoms with van der Waals surface area (Å²) in [6.45, 7) is -0.635. The molecular weight excluding hydrogens is 195 g/mol. The van der Waals surface area contributed by atoms with Gasteiger partial charge in [-0.1, -0.05) is 0 Å². The number of hydrogen-bond donors (Lipinski definition) is 2. The first-order chi connectivity index (χ1) is 5.18. The van der Waals surface area contributed by atoms with Crippen molar-refractivity contribution < 1.29 is 45.6 Å². The van der Waals surface area contributed by atoms with Gasteiger partial charge in [0.15, 0.2) is 0 Å². The SMILES string of the molecule is O=C(O)C(=O)OCCO.[O]=[V]. The molecule has 0 aliphatic rings. The molecule has 0 fully saturated rings. The summed E-state index contributed by atoms with van der Waals surface area (Å²) in [4.78, 5) is 19.6. The van der Waals surface area contributed by atoms with E-state index in [0.717, 1.165) is 17.4 Å². The number of carbonyl (C=O) groups is 2. The molecule has 6 nitrogen and oxygen atoms in total. The van der Waals surface area contributed by atoms with Crippen LogP contribution >= 0.6 is 0 Å². The number of aliphatic carboxylic acids is 1. The second kappa shape index (κ2) is 9.28. The number of carboxylic acids is 1. The molecule has 0 unspecified atom stereocenters. The first-order valence-corrected chi connectivity index (χ1v) is 2.94. The van der Waals surface area contributed by atoms with Gasteiger partial charge in [0.1, 0.15) is 6.61 Å². The normalized spacial score (nSPS) is 7.27. The topological polar surface area (TPSA) is 101 Å². The van der Waals surface area contributed by atoms with Crippen LogP contribution < -0.4 is 0 Å². The Morgan fingerprint density at radius 2 is 1.82 bits per heavy atom. The minimum atomic E-state index is -1.65. The van der Waals surface area contributed by atoms with E-state index in [9.17, 15) is 9.59 Å². The maximum absolute atomic E-state index is 9.97. The van der Waals surface area contributed by atoms with Gasteiger partial charge in [-0.25, -0.2) is 9.59 Å². The quantitative estimate of drug-likeness (QED) is 0.415. The Hall–Kier alpha value is -0.716. The van der Waals surface area contributed by atoms with Gasteiger partial charge in [-0.05, 0) is 0 Å². The van der Waals surface area contributed by atoms with E-state index >= 15 is 0 Å². The third kappa shape index (κ3) is 9.28. The Labute approximate surface area is 71.4 Å². The van der Waals surface area contributed by atoms with E-state index in [0.29, 0.717) is 0 Å². The summed E-state index contributed by atoms with van der Waals surface area (Å²) in [5.74, 6) is -2.99. The summed E-state index contributed by atoms with van der Waals surface area (Å²) in [5.41, 5.74) is 0. The molecule has 0 amide bonds. The zero-order chi connectivity index (χ0) is 9.28. The van der Waals surface area contributed by atoms with Crippen LogP contribution in [0.5, 0.6) is 0 Å².